The summed E-state index contributed by atoms with van der Waals surface area (Å²) >= 11 is 0. The molecule has 0 radical (unpaired) electrons. The summed E-state index contributed by atoms with van der Waals surface area (Å²) in [5.41, 5.74) is 0. The summed E-state index contributed by atoms with van der Waals surface area (Å²) in [4.78, 5) is 0. The molecule has 0 atom stereocenters. The van der Waals surface area contributed by atoms with Crippen LogP contribution in [-0.2, 0) is 0 Å². The van der Waals surface area contributed by atoms with E-state index in [0.717, 1.165) is 0 Å². The quantitative estimate of drug-likeness (QED) is 0.0451. The summed E-state index contributed by atoms with van der Waals surface area (Å²) in [5, 5.41) is 3.92. The highest BCUT2D eigenvalue weighted by molar-refractivity contribution is 6.94. The average molecular weight is 980 g/mol. The van der Waals surface area contributed by atoms with Gasteiger partial charge in [-0.25, -0.2) is 0 Å². The molecule has 402 valence electrons. The van der Waals surface area contributed by atoms with Gasteiger partial charge in [0.1, 0.15) is 0 Å². The van der Waals surface area contributed by atoms with Crippen molar-refractivity contribution in [2.24, 2.45) is 0 Å². The van der Waals surface area contributed by atoms with E-state index < -0.39 is 16.1 Å². The van der Waals surface area contributed by atoms with E-state index in [1.165, 1.54) is 308 Å². The van der Waals surface area contributed by atoms with Crippen LogP contribution >= 0.6 is 0 Å². The first kappa shape index (κ1) is 65.7. The van der Waals surface area contributed by atoms with Crippen molar-refractivity contribution in [1.29, 1.82) is 0 Å². The Kier molecular flexibility index (Phi) is 48.5. The third kappa shape index (κ3) is 35.7. The van der Waals surface area contributed by atoms with E-state index >= 15 is 0 Å². The molecule has 0 aliphatic rings. The lowest BCUT2D eigenvalue weighted by atomic mass is 10.1. The van der Waals surface area contributed by atoms with Gasteiger partial charge in [-0.15, -0.1) is 0 Å². The maximum absolute atomic E-state index is 3.07. The lowest BCUT2D eigenvalue weighted by Crippen LogP contribution is -2.53. The molecule has 1 aromatic rings. The zero-order valence-electron chi connectivity index (χ0n) is 48.5. The van der Waals surface area contributed by atoms with Crippen molar-refractivity contribution >= 4 is 26.5 Å². The van der Waals surface area contributed by atoms with Gasteiger partial charge in [-0.05, 0) is 0 Å². The zero-order valence-corrected chi connectivity index (χ0v) is 50.5. The third-order valence-corrected chi connectivity index (χ3v) is 28.1. The smallest absolute Gasteiger partial charge is 0.0654 e. The summed E-state index contributed by atoms with van der Waals surface area (Å²) in [7, 11) is -3.37. The van der Waals surface area contributed by atoms with E-state index in [-0.39, 0.29) is 0 Å². The summed E-state index contributed by atoms with van der Waals surface area (Å²) in [5.74, 6) is 0. The lowest BCUT2D eigenvalue weighted by molar-refractivity contribution is 0.575. The van der Waals surface area contributed by atoms with E-state index in [1.807, 2.05) is 10.4 Å². The maximum atomic E-state index is 3.07. The Morgan fingerprint density at radius 1 is 0.206 bits per heavy atom. The summed E-state index contributed by atoms with van der Waals surface area (Å²) in [6, 6.07) is 20.8. The van der Waals surface area contributed by atoms with E-state index in [1.54, 1.807) is 36.3 Å². The Morgan fingerprint density at radius 3 is 0.515 bits per heavy atom. The molecule has 0 saturated heterocycles. The van der Waals surface area contributed by atoms with Crippen molar-refractivity contribution in [3.8, 4) is 0 Å². The number of hydrogen-bond acceptors (Lipinski definition) is 0. The number of rotatable bonds is 56. The first-order chi connectivity index (χ1) is 33.6. The molecule has 0 amide bonds. The number of hydrogen-bond donors (Lipinski definition) is 0. The predicted molar refractivity (Wildman–Crippen MR) is 322 cm³/mol. The van der Waals surface area contributed by atoms with Crippen LogP contribution in [0.2, 0.25) is 36.3 Å². The first-order valence-corrected chi connectivity index (χ1v) is 37.9. The fraction of sp³-hybridized carbons (Fsp3) is 0.909. The Bertz CT molecular complexity index is 942. The van der Waals surface area contributed by atoms with Gasteiger partial charge in [0.05, 0.1) is 16.1 Å². The van der Waals surface area contributed by atoms with Crippen LogP contribution in [0.5, 0.6) is 0 Å². The van der Waals surface area contributed by atoms with Crippen molar-refractivity contribution in [3.63, 3.8) is 0 Å². The third-order valence-electron chi connectivity index (χ3n) is 17.1. The molecule has 0 nitrogen and oxygen atoms in total. The minimum atomic E-state index is -1.68. The molecule has 0 aromatic heterocycles. The molecule has 0 bridgehead atoms. The second kappa shape index (κ2) is 50.2. The molecule has 1 aromatic carbocycles. The molecule has 0 N–H and O–H groups in total. The van der Waals surface area contributed by atoms with Crippen LogP contribution in [0.3, 0.4) is 0 Å². The van der Waals surface area contributed by atoms with Crippen LogP contribution in [0.15, 0.2) is 24.3 Å². The molecule has 0 saturated carbocycles. The Hall–Kier alpha value is -0.346. The minimum absolute atomic E-state index is 1.37. The van der Waals surface area contributed by atoms with Crippen LogP contribution < -0.4 is 10.4 Å². The van der Waals surface area contributed by atoms with Crippen LogP contribution in [0.1, 0.15) is 350 Å². The van der Waals surface area contributed by atoms with E-state index in [9.17, 15) is 0 Å². The average Bonchev–Trinajstić information content (AvgIpc) is 3.36. The van der Waals surface area contributed by atoms with Crippen LogP contribution in [0.4, 0.5) is 0 Å². The molecule has 0 spiro atoms. The highest BCUT2D eigenvalue weighted by Crippen LogP contribution is 2.34. The molecular weight excluding hydrogens is 849 g/mol. The number of unbranched alkanes of at least 4 members (excludes halogenated alkanes) is 42. The highest BCUT2D eigenvalue weighted by atomic mass is 28.3. The first-order valence-electron chi connectivity index (χ1n) is 32.7. The summed E-state index contributed by atoms with van der Waals surface area (Å²) < 4.78 is 0. The van der Waals surface area contributed by atoms with Gasteiger partial charge in [-0.1, -0.05) is 421 Å². The molecule has 68 heavy (non-hydrogen) atoms. The van der Waals surface area contributed by atoms with Gasteiger partial charge in [-0.2, -0.15) is 0 Å². The Balaban J connectivity index is 3.62. The molecule has 0 aliphatic heterocycles. The second-order valence-electron chi connectivity index (χ2n) is 23.5. The molecule has 0 fully saturated rings. The van der Waals surface area contributed by atoms with Gasteiger partial charge in [0.15, 0.2) is 0 Å². The standard InChI is InChI=1S/C66H130Si2/c1-7-13-19-25-31-37-43-49-58-67(59-50-44-38-32-26-20-14-8-2,60-51-45-39-33-27-21-15-9-3)65-56-55-57-66(64-65)68(61-52-46-40-34-28-22-16-10-4,62-53-47-41-35-29-23-17-11-5)63-54-48-42-36-30-24-18-12-6/h55-57,64H,7-54,58-63H2,1-6H3. The van der Waals surface area contributed by atoms with Crippen molar-refractivity contribution in [1.82, 2.24) is 0 Å². The minimum Gasteiger partial charge on any atom is -0.0654 e. The Morgan fingerprint density at radius 2 is 0.353 bits per heavy atom. The van der Waals surface area contributed by atoms with Crippen LogP contribution in [-0.4, -0.2) is 16.1 Å². The topological polar surface area (TPSA) is 0 Å². The molecule has 2 heteroatoms. The van der Waals surface area contributed by atoms with Gasteiger partial charge < -0.3 is 0 Å². The number of benzene rings is 1. The van der Waals surface area contributed by atoms with Crippen LogP contribution in [0.25, 0.3) is 0 Å². The lowest BCUT2D eigenvalue weighted by Gasteiger charge is -2.37. The molecular formula is C66H130Si2. The predicted octanol–water partition coefficient (Wildman–Crippen LogP) is 23.8. The van der Waals surface area contributed by atoms with E-state index in [0.29, 0.717) is 0 Å². The van der Waals surface area contributed by atoms with Gasteiger partial charge in [0.25, 0.3) is 0 Å². The normalized spacial score (nSPS) is 12.2. The Labute approximate surface area is 434 Å². The second-order valence-corrected chi connectivity index (χ2v) is 32.8. The molecule has 0 heterocycles. The SMILES string of the molecule is CCCCCCCCCC[Si](CCCCCCCCCC)(CCCCCCCCCC)c1cccc([Si](CCCCCCCCCC)(CCCCCCCCCC)CCCCCCCCCC)c1. The molecule has 1 rings (SSSR count). The molecule has 0 aliphatic carbocycles. The van der Waals surface area contributed by atoms with Crippen molar-refractivity contribution < 1.29 is 0 Å². The largest absolute Gasteiger partial charge is 0.0867 e. The highest BCUT2D eigenvalue weighted by Gasteiger charge is 2.37. The van der Waals surface area contributed by atoms with Crippen molar-refractivity contribution in [3.05, 3.63) is 24.3 Å². The van der Waals surface area contributed by atoms with Gasteiger partial charge in [-0.3, -0.25) is 0 Å². The van der Waals surface area contributed by atoms with Gasteiger partial charge in [0.2, 0.25) is 0 Å². The fourth-order valence-corrected chi connectivity index (χ4v) is 23.1. The van der Waals surface area contributed by atoms with Crippen LogP contribution in [0, 0.1) is 0 Å². The monoisotopic (exact) mass is 979 g/mol. The summed E-state index contributed by atoms with van der Waals surface area (Å²) in [6.07, 6.45) is 70.1. The van der Waals surface area contributed by atoms with Gasteiger partial charge in [0, 0.05) is 0 Å². The zero-order chi connectivity index (χ0) is 49.2. The van der Waals surface area contributed by atoms with Crippen molar-refractivity contribution in [2.45, 2.75) is 386 Å². The maximum Gasteiger partial charge on any atom is 0.0867 e. The summed E-state index contributed by atoms with van der Waals surface area (Å²) in [6.45, 7) is 14.2. The fourth-order valence-electron chi connectivity index (χ4n) is 12.4. The van der Waals surface area contributed by atoms with Gasteiger partial charge >= 0.3 is 0 Å². The van der Waals surface area contributed by atoms with E-state index in [4.69, 9.17) is 0 Å². The molecule has 0 unspecified atom stereocenters. The van der Waals surface area contributed by atoms with Crippen molar-refractivity contribution in [2.75, 3.05) is 0 Å². The van der Waals surface area contributed by atoms with E-state index in [2.05, 4.69) is 65.8 Å².